The molecule has 18 heavy (non-hydrogen) atoms. The molecular weight excluding hydrogens is 228 g/mol. The Morgan fingerprint density at radius 1 is 1.50 bits per heavy atom. The zero-order chi connectivity index (χ0) is 12.8. The third-order valence-corrected chi connectivity index (χ3v) is 3.45. The van der Waals surface area contributed by atoms with Gasteiger partial charge in [-0.25, -0.2) is 4.68 Å². The first-order valence-corrected chi connectivity index (χ1v) is 7.06. The van der Waals surface area contributed by atoms with E-state index >= 15 is 0 Å². The first-order valence-electron chi connectivity index (χ1n) is 7.06. The largest absolute Gasteiger partial charge is 0.381 e. The lowest BCUT2D eigenvalue weighted by molar-refractivity contribution is 0.175. The number of aromatic nitrogens is 3. The molecule has 0 aliphatic carbocycles. The first-order chi connectivity index (χ1) is 8.86. The van der Waals surface area contributed by atoms with E-state index in [0.29, 0.717) is 12.0 Å². The summed E-state index contributed by atoms with van der Waals surface area (Å²) in [4.78, 5) is 0. The predicted molar refractivity (Wildman–Crippen MR) is 70.3 cm³/mol. The van der Waals surface area contributed by atoms with Gasteiger partial charge in [0.2, 0.25) is 0 Å². The molecule has 5 heteroatoms. The lowest BCUT2D eigenvalue weighted by atomic mass is 9.96. The van der Waals surface area contributed by atoms with Gasteiger partial charge in [-0.15, -0.1) is 5.10 Å². The second kappa shape index (κ2) is 6.85. The molecule has 0 amide bonds. The highest BCUT2D eigenvalue weighted by molar-refractivity contribution is 5.05. The van der Waals surface area contributed by atoms with Crippen molar-refractivity contribution < 1.29 is 4.74 Å². The number of ether oxygens (including phenoxy) is 1. The Kier molecular flexibility index (Phi) is 5.13. The molecule has 1 aliphatic rings. The smallest absolute Gasteiger partial charge is 0.0760 e. The van der Waals surface area contributed by atoms with Crippen molar-refractivity contribution >= 4 is 0 Å². The van der Waals surface area contributed by atoms with Gasteiger partial charge in [0, 0.05) is 19.1 Å². The second-order valence-corrected chi connectivity index (χ2v) is 4.94. The van der Waals surface area contributed by atoms with Gasteiger partial charge in [-0.05, 0) is 25.8 Å². The molecule has 2 atom stereocenters. The molecule has 0 spiro atoms. The zero-order valence-electron chi connectivity index (χ0n) is 11.4. The van der Waals surface area contributed by atoms with E-state index in [4.69, 9.17) is 4.74 Å². The molecule has 2 rings (SSSR count). The van der Waals surface area contributed by atoms with Crippen molar-refractivity contribution in [1.82, 2.24) is 20.3 Å². The summed E-state index contributed by atoms with van der Waals surface area (Å²) in [5.74, 6) is 0.547. The quantitative estimate of drug-likeness (QED) is 0.803. The Balaban J connectivity index is 2.12. The highest BCUT2D eigenvalue weighted by atomic mass is 16.5. The Bertz CT molecular complexity index is 347. The van der Waals surface area contributed by atoms with E-state index in [1.165, 1.54) is 5.69 Å². The van der Waals surface area contributed by atoms with Crippen molar-refractivity contribution in [3.63, 3.8) is 0 Å². The molecule has 1 aliphatic heterocycles. The molecule has 102 valence electrons. The van der Waals surface area contributed by atoms with E-state index in [2.05, 4.69) is 29.5 Å². The average molecular weight is 252 g/mol. The Morgan fingerprint density at radius 2 is 2.39 bits per heavy atom. The summed E-state index contributed by atoms with van der Waals surface area (Å²) in [6.45, 7) is 8.05. The maximum absolute atomic E-state index is 5.53. The van der Waals surface area contributed by atoms with Crippen LogP contribution in [0.2, 0.25) is 0 Å². The van der Waals surface area contributed by atoms with Gasteiger partial charge in [0.15, 0.2) is 0 Å². The fraction of sp³-hybridized carbons (Fsp3) is 0.846. The standard InChI is InChI=1S/C13H24N4O/c1-3-6-14-13(11-5-8-18-10-11)12-9-15-16-17(12)7-4-2/h9,11,13-14H,3-8,10H2,1-2H3. The second-order valence-electron chi connectivity index (χ2n) is 4.94. The highest BCUT2D eigenvalue weighted by Crippen LogP contribution is 2.28. The zero-order valence-corrected chi connectivity index (χ0v) is 11.4. The fourth-order valence-corrected chi connectivity index (χ4v) is 2.52. The summed E-state index contributed by atoms with van der Waals surface area (Å²) in [5.41, 5.74) is 1.21. The molecular formula is C13H24N4O. The third kappa shape index (κ3) is 3.09. The number of nitrogens with zero attached hydrogens (tertiary/aromatic N) is 3. The van der Waals surface area contributed by atoms with Crippen LogP contribution in [0.25, 0.3) is 0 Å². The summed E-state index contributed by atoms with van der Waals surface area (Å²) in [5, 5.41) is 11.9. The van der Waals surface area contributed by atoms with Crippen LogP contribution in [0.3, 0.4) is 0 Å². The maximum Gasteiger partial charge on any atom is 0.0760 e. The molecule has 1 aromatic rings. The lowest BCUT2D eigenvalue weighted by Crippen LogP contribution is -2.31. The molecule has 2 heterocycles. The molecule has 1 saturated heterocycles. The van der Waals surface area contributed by atoms with Crippen LogP contribution in [0.4, 0.5) is 0 Å². The van der Waals surface area contributed by atoms with Gasteiger partial charge < -0.3 is 10.1 Å². The number of aryl methyl sites for hydroxylation is 1. The summed E-state index contributed by atoms with van der Waals surface area (Å²) < 4.78 is 7.56. The van der Waals surface area contributed by atoms with E-state index in [9.17, 15) is 0 Å². The molecule has 0 aromatic carbocycles. The SMILES string of the molecule is CCCNC(c1cnnn1CCC)C1CCOC1. The Morgan fingerprint density at radius 3 is 3.06 bits per heavy atom. The summed E-state index contributed by atoms with van der Waals surface area (Å²) in [6.07, 6.45) is 5.25. The molecule has 5 nitrogen and oxygen atoms in total. The third-order valence-electron chi connectivity index (χ3n) is 3.45. The van der Waals surface area contributed by atoms with Gasteiger partial charge in [0.1, 0.15) is 0 Å². The van der Waals surface area contributed by atoms with E-state index in [1.54, 1.807) is 0 Å². The van der Waals surface area contributed by atoms with Crippen LogP contribution in [-0.4, -0.2) is 34.8 Å². The van der Waals surface area contributed by atoms with Crippen LogP contribution in [0.1, 0.15) is 44.8 Å². The Labute approximate surface area is 109 Å². The van der Waals surface area contributed by atoms with Crippen molar-refractivity contribution in [2.24, 2.45) is 5.92 Å². The van der Waals surface area contributed by atoms with Crippen LogP contribution in [0.15, 0.2) is 6.20 Å². The molecule has 2 unspecified atom stereocenters. The van der Waals surface area contributed by atoms with Gasteiger partial charge in [0.25, 0.3) is 0 Å². The molecule has 1 fully saturated rings. The van der Waals surface area contributed by atoms with Crippen molar-refractivity contribution in [1.29, 1.82) is 0 Å². The van der Waals surface area contributed by atoms with Gasteiger partial charge in [-0.1, -0.05) is 19.1 Å². The molecule has 1 N–H and O–H groups in total. The summed E-state index contributed by atoms with van der Waals surface area (Å²) in [7, 11) is 0. The minimum atomic E-state index is 0.328. The van der Waals surface area contributed by atoms with Crippen LogP contribution in [0.5, 0.6) is 0 Å². The number of hydrogen-bond acceptors (Lipinski definition) is 4. The summed E-state index contributed by atoms with van der Waals surface area (Å²) in [6, 6.07) is 0.328. The average Bonchev–Trinajstić information content (AvgIpc) is 3.02. The predicted octanol–water partition coefficient (Wildman–Crippen LogP) is 1.77. The summed E-state index contributed by atoms with van der Waals surface area (Å²) >= 11 is 0. The van der Waals surface area contributed by atoms with Crippen LogP contribution >= 0.6 is 0 Å². The van der Waals surface area contributed by atoms with Crippen molar-refractivity contribution in [2.45, 2.75) is 45.7 Å². The van der Waals surface area contributed by atoms with Crippen LogP contribution in [-0.2, 0) is 11.3 Å². The number of rotatable bonds is 7. The minimum absolute atomic E-state index is 0.328. The van der Waals surface area contributed by atoms with E-state index in [-0.39, 0.29) is 0 Å². The highest BCUT2D eigenvalue weighted by Gasteiger charge is 2.29. The van der Waals surface area contributed by atoms with Gasteiger partial charge >= 0.3 is 0 Å². The molecule has 0 saturated carbocycles. The van der Waals surface area contributed by atoms with Crippen LogP contribution < -0.4 is 5.32 Å². The normalized spacial score (nSPS) is 21.3. The van der Waals surface area contributed by atoms with Gasteiger partial charge in [-0.2, -0.15) is 0 Å². The topological polar surface area (TPSA) is 52.0 Å². The molecule has 0 bridgehead atoms. The Hall–Kier alpha value is -0.940. The van der Waals surface area contributed by atoms with Crippen LogP contribution in [0, 0.1) is 5.92 Å². The van der Waals surface area contributed by atoms with Crippen molar-refractivity contribution in [2.75, 3.05) is 19.8 Å². The van der Waals surface area contributed by atoms with E-state index in [0.717, 1.165) is 45.6 Å². The van der Waals surface area contributed by atoms with Crippen molar-refractivity contribution in [3.05, 3.63) is 11.9 Å². The minimum Gasteiger partial charge on any atom is -0.381 e. The lowest BCUT2D eigenvalue weighted by Gasteiger charge is -2.24. The number of nitrogens with one attached hydrogen (secondary N) is 1. The maximum atomic E-state index is 5.53. The number of hydrogen-bond donors (Lipinski definition) is 1. The van der Waals surface area contributed by atoms with Crippen molar-refractivity contribution in [3.8, 4) is 0 Å². The first kappa shape index (κ1) is 13.5. The monoisotopic (exact) mass is 252 g/mol. The van der Waals surface area contributed by atoms with Gasteiger partial charge in [-0.3, -0.25) is 0 Å². The van der Waals surface area contributed by atoms with E-state index in [1.807, 2.05) is 10.9 Å². The van der Waals surface area contributed by atoms with Gasteiger partial charge in [0.05, 0.1) is 24.5 Å². The molecule has 1 aromatic heterocycles. The fourth-order valence-electron chi connectivity index (χ4n) is 2.52. The molecule has 0 radical (unpaired) electrons. The van der Waals surface area contributed by atoms with E-state index < -0.39 is 0 Å².